The third-order valence-electron chi connectivity index (χ3n) is 2.52. The van der Waals surface area contributed by atoms with E-state index in [-0.39, 0.29) is 11.8 Å². The van der Waals surface area contributed by atoms with Gasteiger partial charge in [-0.05, 0) is 18.8 Å². The number of nitrogens with two attached hydrogens (primary N) is 1. The topological polar surface area (TPSA) is 55.1 Å². The summed E-state index contributed by atoms with van der Waals surface area (Å²) in [5.74, 6) is 0.846. The fourth-order valence-electron chi connectivity index (χ4n) is 1.47. The lowest BCUT2D eigenvalue weighted by Crippen LogP contribution is -2.46. The van der Waals surface area contributed by atoms with Crippen LogP contribution in [0.25, 0.3) is 0 Å². The fourth-order valence-corrected chi connectivity index (χ4v) is 1.47. The molecule has 0 aromatic heterocycles. The first-order valence-electron chi connectivity index (χ1n) is 4.64. The summed E-state index contributed by atoms with van der Waals surface area (Å²) in [6, 6.07) is 0.418. The van der Waals surface area contributed by atoms with Gasteiger partial charge in [0.1, 0.15) is 0 Å². The minimum atomic E-state index is -0.0408. The molecule has 0 radical (unpaired) electrons. The molecule has 1 atom stereocenters. The molecule has 0 aromatic carbocycles. The van der Waals surface area contributed by atoms with Gasteiger partial charge in [0, 0.05) is 18.5 Å². The van der Waals surface area contributed by atoms with Gasteiger partial charge in [0.25, 0.3) is 0 Å². The number of nitrogens with one attached hydrogen (secondary N) is 1. The van der Waals surface area contributed by atoms with Crippen LogP contribution in [0.5, 0.6) is 0 Å². The Morgan fingerprint density at radius 1 is 1.67 bits per heavy atom. The zero-order chi connectivity index (χ0) is 9.14. The molecule has 1 fully saturated rings. The molecule has 1 saturated carbocycles. The quantitative estimate of drug-likeness (QED) is 0.648. The van der Waals surface area contributed by atoms with Crippen LogP contribution in [0.3, 0.4) is 0 Å². The van der Waals surface area contributed by atoms with Crippen molar-refractivity contribution in [3.8, 4) is 0 Å². The van der Waals surface area contributed by atoms with Crippen LogP contribution < -0.4 is 11.1 Å². The molecule has 1 aliphatic carbocycles. The standard InChI is InChI=1S/C9H18N2O/c1-6-3-8(4-6)11-9(12)7(2)5-10/h6-8H,3-5,10H2,1-2H3,(H,11,12). The largest absolute Gasteiger partial charge is 0.353 e. The lowest BCUT2D eigenvalue weighted by atomic mass is 9.81. The number of carbonyl (C=O) groups excluding carboxylic acids is 1. The highest BCUT2D eigenvalue weighted by molar-refractivity contribution is 5.78. The van der Waals surface area contributed by atoms with Crippen LogP contribution in [0.2, 0.25) is 0 Å². The summed E-state index contributed by atoms with van der Waals surface area (Å²) >= 11 is 0. The summed E-state index contributed by atoms with van der Waals surface area (Å²) in [6.07, 6.45) is 2.26. The molecule has 70 valence electrons. The van der Waals surface area contributed by atoms with Crippen molar-refractivity contribution in [1.29, 1.82) is 0 Å². The molecule has 0 spiro atoms. The van der Waals surface area contributed by atoms with Crippen molar-refractivity contribution in [2.24, 2.45) is 17.6 Å². The number of amides is 1. The van der Waals surface area contributed by atoms with Crippen LogP contribution in [0.4, 0.5) is 0 Å². The molecule has 1 unspecified atom stereocenters. The van der Waals surface area contributed by atoms with Gasteiger partial charge >= 0.3 is 0 Å². The monoisotopic (exact) mass is 170 g/mol. The van der Waals surface area contributed by atoms with E-state index in [1.54, 1.807) is 0 Å². The van der Waals surface area contributed by atoms with Gasteiger partial charge in [-0.25, -0.2) is 0 Å². The van der Waals surface area contributed by atoms with Crippen LogP contribution in [-0.2, 0) is 4.79 Å². The minimum Gasteiger partial charge on any atom is -0.353 e. The first-order chi connectivity index (χ1) is 5.63. The van der Waals surface area contributed by atoms with Crippen molar-refractivity contribution >= 4 is 5.91 Å². The van der Waals surface area contributed by atoms with E-state index >= 15 is 0 Å². The van der Waals surface area contributed by atoms with Crippen molar-refractivity contribution < 1.29 is 4.79 Å². The van der Waals surface area contributed by atoms with E-state index < -0.39 is 0 Å². The van der Waals surface area contributed by atoms with Crippen molar-refractivity contribution in [3.05, 3.63) is 0 Å². The molecule has 0 aromatic rings. The van der Waals surface area contributed by atoms with Gasteiger partial charge in [0.05, 0.1) is 0 Å². The maximum absolute atomic E-state index is 11.3. The average molecular weight is 170 g/mol. The lowest BCUT2D eigenvalue weighted by molar-refractivity contribution is -0.125. The second-order valence-electron chi connectivity index (χ2n) is 3.92. The van der Waals surface area contributed by atoms with Crippen molar-refractivity contribution in [1.82, 2.24) is 5.32 Å². The van der Waals surface area contributed by atoms with Crippen LogP contribution in [0.1, 0.15) is 26.7 Å². The van der Waals surface area contributed by atoms with E-state index in [4.69, 9.17) is 5.73 Å². The summed E-state index contributed by atoms with van der Waals surface area (Å²) in [7, 11) is 0. The second kappa shape index (κ2) is 3.90. The Kier molecular flexibility index (Phi) is 3.09. The first kappa shape index (κ1) is 9.52. The van der Waals surface area contributed by atoms with E-state index in [0.717, 1.165) is 18.8 Å². The van der Waals surface area contributed by atoms with E-state index in [0.29, 0.717) is 12.6 Å². The molecule has 1 rings (SSSR count). The van der Waals surface area contributed by atoms with Crippen molar-refractivity contribution in [2.45, 2.75) is 32.7 Å². The van der Waals surface area contributed by atoms with Crippen molar-refractivity contribution in [2.75, 3.05) is 6.54 Å². The molecule has 1 aliphatic rings. The molecule has 3 N–H and O–H groups in total. The third kappa shape index (κ3) is 2.21. The molecule has 0 saturated heterocycles. The summed E-state index contributed by atoms with van der Waals surface area (Å²) in [5, 5.41) is 2.98. The van der Waals surface area contributed by atoms with Gasteiger partial charge < -0.3 is 11.1 Å². The Hall–Kier alpha value is -0.570. The second-order valence-corrected chi connectivity index (χ2v) is 3.92. The van der Waals surface area contributed by atoms with Crippen molar-refractivity contribution in [3.63, 3.8) is 0 Å². The highest BCUT2D eigenvalue weighted by Gasteiger charge is 2.27. The Bertz CT molecular complexity index is 164. The molecular formula is C9H18N2O. The minimum absolute atomic E-state index is 0.0408. The Morgan fingerprint density at radius 3 is 2.67 bits per heavy atom. The fraction of sp³-hybridized carbons (Fsp3) is 0.889. The average Bonchev–Trinajstić information content (AvgIpc) is 2.00. The number of rotatable bonds is 3. The molecule has 1 amide bonds. The predicted octanol–water partition coefficient (Wildman–Crippen LogP) is 0.496. The zero-order valence-corrected chi connectivity index (χ0v) is 7.84. The van der Waals surface area contributed by atoms with Gasteiger partial charge in [-0.15, -0.1) is 0 Å². The lowest BCUT2D eigenvalue weighted by Gasteiger charge is -2.33. The maximum Gasteiger partial charge on any atom is 0.224 e. The molecule has 12 heavy (non-hydrogen) atoms. The Balaban J connectivity index is 2.18. The van der Waals surface area contributed by atoms with Gasteiger partial charge in [0.2, 0.25) is 5.91 Å². The number of carbonyl (C=O) groups is 1. The zero-order valence-electron chi connectivity index (χ0n) is 7.84. The van der Waals surface area contributed by atoms with E-state index in [9.17, 15) is 4.79 Å². The van der Waals surface area contributed by atoms with Gasteiger partial charge in [-0.2, -0.15) is 0 Å². The normalized spacial score (nSPS) is 30.6. The Morgan fingerprint density at radius 2 is 2.25 bits per heavy atom. The summed E-state index contributed by atoms with van der Waals surface area (Å²) in [5.41, 5.74) is 5.37. The number of hydrogen-bond donors (Lipinski definition) is 2. The molecule has 0 aliphatic heterocycles. The first-order valence-corrected chi connectivity index (χ1v) is 4.64. The molecule has 0 bridgehead atoms. The molecule has 0 heterocycles. The van der Waals surface area contributed by atoms with Gasteiger partial charge in [-0.1, -0.05) is 13.8 Å². The predicted molar refractivity (Wildman–Crippen MR) is 48.5 cm³/mol. The maximum atomic E-state index is 11.3. The van der Waals surface area contributed by atoms with E-state index in [2.05, 4.69) is 12.2 Å². The van der Waals surface area contributed by atoms with Crippen LogP contribution >= 0.6 is 0 Å². The smallest absolute Gasteiger partial charge is 0.224 e. The summed E-state index contributed by atoms with van der Waals surface area (Å²) in [6.45, 7) is 4.50. The van der Waals surface area contributed by atoms with Gasteiger partial charge in [-0.3, -0.25) is 4.79 Å². The van der Waals surface area contributed by atoms with E-state index in [1.807, 2.05) is 6.92 Å². The highest BCUT2D eigenvalue weighted by atomic mass is 16.1. The molecule has 3 heteroatoms. The SMILES string of the molecule is CC1CC(NC(=O)C(C)CN)C1. The van der Waals surface area contributed by atoms with Gasteiger partial charge in [0.15, 0.2) is 0 Å². The number of hydrogen-bond acceptors (Lipinski definition) is 2. The van der Waals surface area contributed by atoms with Crippen LogP contribution in [-0.4, -0.2) is 18.5 Å². The highest BCUT2D eigenvalue weighted by Crippen LogP contribution is 2.26. The molecular weight excluding hydrogens is 152 g/mol. The summed E-state index contributed by atoms with van der Waals surface area (Å²) < 4.78 is 0. The molecule has 3 nitrogen and oxygen atoms in total. The van der Waals surface area contributed by atoms with Crippen LogP contribution in [0, 0.1) is 11.8 Å². The Labute approximate surface area is 73.7 Å². The van der Waals surface area contributed by atoms with Crippen LogP contribution in [0.15, 0.2) is 0 Å². The third-order valence-corrected chi connectivity index (χ3v) is 2.52. The summed E-state index contributed by atoms with van der Waals surface area (Å²) in [4.78, 5) is 11.3. The van der Waals surface area contributed by atoms with E-state index in [1.165, 1.54) is 0 Å².